The largest absolute Gasteiger partial charge is 0.495 e. The van der Waals surface area contributed by atoms with Gasteiger partial charge in [-0.2, -0.15) is 5.26 Å². The van der Waals surface area contributed by atoms with Crippen molar-refractivity contribution < 1.29 is 13.5 Å². The lowest BCUT2D eigenvalue weighted by molar-refractivity contribution is 0.141. The highest BCUT2D eigenvalue weighted by Gasteiger charge is 2.19. The van der Waals surface area contributed by atoms with Crippen molar-refractivity contribution in [3.05, 3.63) is 23.0 Å². The Bertz CT molecular complexity index is 404. The second-order valence-electron chi connectivity index (χ2n) is 2.63. The molecule has 80 valence electrons. The van der Waals surface area contributed by atoms with Gasteiger partial charge in [0.1, 0.15) is 23.2 Å². The Kier molecular flexibility index (Phi) is 3.97. The van der Waals surface area contributed by atoms with E-state index in [0.29, 0.717) is 10.9 Å². The Balaban J connectivity index is 3.36. The van der Waals surface area contributed by atoms with Crippen molar-refractivity contribution >= 4 is 15.9 Å². The number of rotatable bonds is 3. The van der Waals surface area contributed by atoms with Gasteiger partial charge in [-0.25, -0.2) is 13.8 Å². The van der Waals surface area contributed by atoms with Gasteiger partial charge < -0.3 is 4.74 Å². The summed E-state index contributed by atoms with van der Waals surface area (Å²) >= 11 is 3.14. The van der Waals surface area contributed by atoms with E-state index in [1.165, 1.54) is 13.2 Å². The zero-order valence-corrected chi connectivity index (χ0v) is 9.38. The maximum Gasteiger partial charge on any atom is 0.284 e. The Hall–Kier alpha value is -1.22. The van der Waals surface area contributed by atoms with Crippen molar-refractivity contribution in [2.24, 2.45) is 0 Å². The van der Waals surface area contributed by atoms with Crippen LogP contribution in [-0.2, 0) is 5.33 Å². The lowest BCUT2D eigenvalue weighted by Crippen LogP contribution is -2.01. The molecule has 6 heteroatoms. The molecule has 0 N–H and O–H groups in total. The van der Waals surface area contributed by atoms with Gasteiger partial charge in [0, 0.05) is 10.9 Å². The van der Waals surface area contributed by atoms with E-state index in [4.69, 9.17) is 10.00 Å². The Morgan fingerprint density at radius 3 is 2.73 bits per heavy atom. The molecule has 0 saturated heterocycles. The number of methoxy groups -OCH3 is 1. The Morgan fingerprint density at radius 1 is 1.67 bits per heavy atom. The van der Waals surface area contributed by atoms with Gasteiger partial charge in [0.05, 0.1) is 7.11 Å². The van der Waals surface area contributed by atoms with Crippen molar-refractivity contribution in [1.29, 1.82) is 5.26 Å². The third-order valence-corrected chi connectivity index (χ3v) is 2.37. The van der Waals surface area contributed by atoms with Crippen LogP contribution in [0.4, 0.5) is 8.78 Å². The molecule has 0 unspecified atom stereocenters. The van der Waals surface area contributed by atoms with Crippen molar-refractivity contribution in [2.75, 3.05) is 7.11 Å². The molecule has 0 aliphatic carbocycles. The molecule has 0 amide bonds. The zero-order valence-electron chi connectivity index (χ0n) is 7.80. The zero-order chi connectivity index (χ0) is 11.4. The van der Waals surface area contributed by atoms with Crippen LogP contribution in [-0.4, -0.2) is 12.1 Å². The van der Waals surface area contributed by atoms with Gasteiger partial charge in [0.2, 0.25) is 0 Å². The van der Waals surface area contributed by atoms with E-state index < -0.39 is 12.1 Å². The van der Waals surface area contributed by atoms with E-state index in [-0.39, 0.29) is 11.4 Å². The Morgan fingerprint density at radius 2 is 2.33 bits per heavy atom. The summed E-state index contributed by atoms with van der Waals surface area (Å²) in [5.74, 6) is -0.00144. The number of hydrogen-bond donors (Lipinski definition) is 0. The molecule has 15 heavy (non-hydrogen) atoms. The van der Waals surface area contributed by atoms with Gasteiger partial charge in [-0.1, -0.05) is 15.9 Å². The number of pyridine rings is 1. The first-order valence-corrected chi connectivity index (χ1v) is 5.08. The summed E-state index contributed by atoms with van der Waals surface area (Å²) in [6.45, 7) is 0. The second kappa shape index (κ2) is 5.03. The van der Waals surface area contributed by atoms with Crippen LogP contribution < -0.4 is 4.74 Å². The molecule has 0 aliphatic rings. The first kappa shape index (κ1) is 11.9. The van der Waals surface area contributed by atoms with Gasteiger partial charge in [0.15, 0.2) is 0 Å². The van der Waals surface area contributed by atoms with Gasteiger partial charge in [-0.05, 0) is 6.07 Å². The summed E-state index contributed by atoms with van der Waals surface area (Å²) in [6, 6.07) is 3.15. The number of nitrogens with zero attached hydrogens (tertiary/aromatic N) is 2. The fourth-order valence-corrected chi connectivity index (χ4v) is 1.49. The molecule has 0 saturated carbocycles. The molecule has 1 rings (SSSR count). The van der Waals surface area contributed by atoms with Crippen LogP contribution in [0.1, 0.15) is 23.4 Å². The van der Waals surface area contributed by atoms with Crippen LogP contribution >= 0.6 is 15.9 Å². The molecule has 0 aromatic carbocycles. The van der Waals surface area contributed by atoms with Crippen molar-refractivity contribution in [1.82, 2.24) is 4.98 Å². The number of nitriles is 1. The van der Waals surface area contributed by atoms with Crippen LogP contribution in [0.15, 0.2) is 6.07 Å². The van der Waals surface area contributed by atoms with Crippen molar-refractivity contribution in [3.63, 3.8) is 0 Å². The number of halogens is 3. The van der Waals surface area contributed by atoms with Gasteiger partial charge in [-0.15, -0.1) is 0 Å². The minimum Gasteiger partial charge on any atom is -0.495 e. The average Bonchev–Trinajstić information content (AvgIpc) is 2.26. The fraction of sp³-hybridized carbons (Fsp3) is 0.333. The molecular weight excluding hydrogens is 270 g/mol. The molecule has 0 radical (unpaired) electrons. The fourth-order valence-electron chi connectivity index (χ4n) is 1.07. The lowest BCUT2D eigenvalue weighted by Gasteiger charge is -2.09. The quantitative estimate of drug-likeness (QED) is 0.798. The average molecular weight is 277 g/mol. The number of aromatic nitrogens is 1. The predicted octanol–water partition coefficient (Wildman–Crippen LogP) is 2.79. The van der Waals surface area contributed by atoms with E-state index in [1.54, 1.807) is 6.07 Å². The topological polar surface area (TPSA) is 45.9 Å². The molecule has 1 heterocycles. The molecule has 0 fully saturated rings. The summed E-state index contributed by atoms with van der Waals surface area (Å²) in [5.41, 5.74) is 0.0143. The normalized spacial score (nSPS) is 10.1. The highest BCUT2D eigenvalue weighted by atomic mass is 79.9. The summed E-state index contributed by atoms with van der Waals surface area (Å²) in [6.07, 6.45) is -2.75. The maximum absolute atomic E-state index is 12.5. The van der Waals surface area contributed by atoms with Gasteiger partial charge in [0.25, 0.3) is 6.43 Å². The molecule has 1 aromatic heterocycles. The summed E-state index contributed by atoms with van der Waals surface area (Å²) in [5, 5.41) is 9.06. The molecule has 0 aliphatic heterocycles. The molecule has 0 bridgehead atoms. The lowest BCUT2D eigenvalue weighted by atomic mass is 10.2. The van der Waals surface area contributed by atoms with Gasteiger partial charge in [-0.3, -0.25) is 0 Å². The third kappa shape index (κ3) is 2.42. The Labute approximate surface area is 93.8 Å². The van der Waals surface area contributed by atoms with E-state index in [0.717, 1.165) is 0 Å². The molecule has 1 aromatic rings. The molecule has 0 atom stereocenters. The van der Waals surface area contributed by atoms with Crippen molar-refractivity contribution in [3.8, 4) is 11.8 Å². The molecular formula is C9H7BrF2N2O. The highest BCUT2D eigenvalue weighted by Crippen LogP contribution is 2.29. The number of hydrogen-bond acceptors (Lipinski definition) is 3. The second-order valence-corrected chi connectivity index (χ2v) is 3.19. The van der Waals surface area contributed by atoms with Crippen molar-refractivity contribution in [2.45, 2.75) is 11.8 Å². The number of ether oxygens (including phenoxy) is 1. The minimum absolute atomic E-state index is 0.00144. The monoisotopic (exact) mass is 276 g/mol. The summed E-state index contributed by atoms with van der Waals surface area (Å²) in [4.78, 5) is 3.57. The van der Waals surface area contributed by atoms with Gasteiger partial charge >= 0.3 is 0 Å². The van der Waals surface area contributed by atoms with E-state index in [1.807, 2.05) is 0 Å². The smallest absolute Gasteiger partial charge is 0.284 e. The van der Waals surface area contributed by atoms with E-state index in [2.05, 4.69) is 20.9 Å². The molecule has 3 nitrogen and oxygen atoms in total. The van der Waals surface area contributed by atoms with Crippen LogP contribution in [0.3, 0.4) is 0 Å². The van der Waals surface area contributed by atoms with Crippen LogP contribution in [0.2, 0.25) is 0 Å². The summed E-state index contributed by atoms with van der Waals surface area (Å²) in [7, 11) is 1.28. The van der Waals surface area contributed by atoms with E-state index in [9.17, 15) is 8.78 Å². The third-order valence-electron chi connectivity index (χ3n) is 1.77. The maximum atomic E-state index is 12.5. The predicted molar refractivity (Wildman–Crippen MR) is 53.1 cm³/mol. The van der Waals surface area contributed by atoms with Crippen LogP contribution in [0, 0.1) is 11.3 Å². The molecule has 0 spiro atoms. The minimum atomic E-state index is -2.75. The summed E-state index contributed by atoms with van der Waals surface area (Å²) < 4.78 is 29.8. The highest BCUT2D eigenvalue weighted by molar-refractivity contribution is 9.08. The van der Waals surface area contributed by atoms with E-state index >= 15 is 0 Å². The van der Waals surface area contributed by atoms with Crippen LogP contribution in [0.25, 0.3) is 0 Å². The first-order valence-electron chi connectivity index (χ1n) is 3.96. The SMILES string of the molecule is COc1cc(CBr)c(C#N)nc1C(F)F. The van der Waals surface area contributed by atoms with Crippen LogP contribution in [0.5, 0.6) is 5.75 Å². The standard InChI is InChI=1S/C9H7BrF2N2O/c1-15-7-2-5(3-10)6(4-13)14-8(7)9(11)12/h2,9H,3H2,1H3. The first-order chi connectivity index (χ1) is 7.13. The number of alkyl halides is 3.